The second kappa shape index (κ2) is 6.12. The fourth-order valence-corrected chi connectivity index (χ4v) is 3.25. The summed E-state index contributed by atoms with van der Waals surface area (Å²) in [5.74, 6) is 0. The van der Waals surface area contributed by atoms with Crippen LogP contribution < -0.4 is 5.32 Å². The monoisotopic (exact) mass is 268 g/mol. The zero-order valence-electron chi connectivity index (χ0n) is 12.6. The standard InChI is InChI=1S/C15H28N2O2/c1-15(2,3)19-14(18)16-12-8-4-5-9-13(12)17-10-6-7-11-17/h12-13H,4-11H2,1-3H3,(H,16,18)/t12-,13-/m0/s1. The molecule has 4 nitrogen and oxygen atoms in total. The molecular weight excluding hydrogens is 240 g/mol. The molecule has 110 valence electrons. The first-order chi connectivity index (χ1) is 8.96. The van der Waals surface area contributed by atoms with E-state index in [0.29, 0.717) is 6.04 Å². The van der Waals surface area contributed by atoms with Gasteiger partial charge in [0, 0.05) is 12.1 Å². The van der Waals surface area contributed by atoms with Crippen LogP contribution in [0.25, 0.3) is 0 Å². The Balaban J connectivity index is 1.90. The molecule has 1 saturated heterocycles. The third kappa shape index (κ3) is 4.37. The van der Waals surface area contributed by atoms with Crippen molar-refractivity contribution >= 4 is 6.09 Å². The lowest BCUT2D eigenvalue weighted by atomic mass is 9.89. The van der Waals surface area contributed by atoms with E-state index < -0.39 is 5.60 Å². The number of nitrogens with one attached hydrogen (secondary N) is 1. The van der Waals surface area contributed by atoms with Gasteiger partial charge in [-0.05, 0) is 59.5 Å². The molecule has 0 unspecified atom stereocenters. The first kappa shape index (κ1) is 14.6. The van der Waals surface area contributed by atoms with E-state index >= 15 is 0 Å². The fourth-order valence-electron chi connectivity index (χ4n) is 3.25. The van der Waals surface area contributed by atoms with E-state index in [2.05, 4.69) is 10.2 Å². The molecule has 1 N–H and O–H groups in total. The van der Waals surface area contributed by atoms with Gasteiger partial charge in [0.25, 0.3) is 0 Å². The van der Waals surface area contributed by atoms with Crippen LogP contribution in [-0.4, -0.2) is 41.8 Å². The summed E-state index contributed by atoms with van der Waals surface area (Å²) in [6, 6.07) is 0.783. The lowest BCUT2D eigenvalue weighted by Crippen LogP contribution is -2.53. The van der Waals surface area contributed by atoms with Gasteiger partial charge in [0.2, 0.25) is 0 Å². The number of rotatable bonds is 2. The highest BCUT2D eigenvalue weighted by Crippen LogP contribution is 2.26. The van der Waals surface area contributed by atoms with E-state index in [9.17, 15) is 4.79 Å². The van der Waals surface area contributed by atoms with Crippen LogP contribution in [0.3, 0.4) is 0 Å². The number of likely N-dealkylation sites (tertiary alicyclic amines) is 1. The summed E-state index contributed by atoms with van der Waals surface area (Å²) in [6.45, 7) is 8.11. The molecule has 1 saturated carbocycles. The van der Waals surface area contributed by atoms with Crippen LogP contribution in [-0.2, 0) is 4.74 Å². The molecule has 0 spiro atoms. The molecule has 1 heterocycles. The molecule has 2 fully saturated rings. The van der Waals surface area contributed by atoms with Crippen LogP contribution in [0.15, 0.2) is 0 Å². The van der Waals surface area contributed by atoms with Crippen LogP contribution in [0.5, 0.6) is 0 Å². The summed E-state index contributed by atoms with van der Waals surface area (Å²) in [5.41, 5.74) is -0.415. The SMILES string of the molecule is CC(C)(C)OC(=O)N[C@H]1CCCC[C@@H]1N1CCCC1. The van der Waals surface area contributed by atoms with Gasteiger partial charge in [0.05, 0.1) is 0 Å². The van der Waals surface area contributed by atoms with Crippen LogP contribution in [0, 0.1) is 0 Å². The minimum absolute atomic E-state index is 0.261. The number of hydrogen-bond donors (Lipinski definition) is 1. The largest absolute Gasteiger partial charge is 0.444 e. The molecule has 1 aliphatic heterocycles. The average molecular weight is 268 g/mol. The first-order valence-corrected chi connectivity index (χ1v) is 7.69. The topological polar surface area (TPSA) is 41.6 Å². The molecule has 1 amide bonds. The highest BCUT2D eigenvalue weighted by Gasteiger charge is 2.33. The predicted molar refractivity (Wildman–Crippen MR) is 76.2 cm³/mol. The fraction of sp³-hybridized carbons (Fsp3) is 0.933. The molecule has 2 atom stereocenters. The van der Waals surface area contributed by atoms with Crippen molar-refractivity contribution in [3.8, 4) is 0 Å². The molecule has 4 heteroatoms. The highest BCUT2D eigenvalue weighted by atomic mass is 16.6. The summed E-state index contributed by atoms with van der Waals surface area (Å²) in [4.78, 5) is 14.5. The van der Waals surface area contributed by atoms with Crippen LogP contribution in [0.4, 0.5) is 4.79 Å². The molecule has 1 aliphatic carbocycles. The minimum Gasteiger partial charge on any atom is -0.444 e. The third-order valence-electron chi connectivity index (χ3n) is 4.04. The van der Waals surface area contributed by atoms with E-state index in [1.54, 1.807) is 0 Å². The van der Waals surface area contributed by atoms with Crippen molar-refractivity contribution in [2.75, 3.05) is 13.1 Å². The second-order valence-corrected chi connectivity index (χ2v) is 6.85. The van der Waals surface area contributed by atoms with Gasteiger partial charge in [-0.2, -0.15) is 0 Å². The Morgan fingerprint density at radius 1 is 1.11 bits per heavy atom. The lowest BCUT2D eigenvalue weighted by molar-refractivity contribution is 0.0439. The molecule has 0 bridgehead atoms. The molecule has 0 aromatic rings. The molecule has 19 heavy (non-hydrogen) atoms. The molecular formula is C15H28N2O2. The van der Waals surface area contributed by atoms with E-state index in [1.165, 1.54) is 45.2 Å². The van der Waals surface area contributed by atoms with Crippen molar-refractivity contribution in [1.82, 2.24) is 10.2 Å². The van der Waals surface area contributed by atoms with E-state index in [0.717, 1.165) is 6.42 Å². The summed E-state index contributed by atoms with van der Waals surface area (Å²) in [7, 11) is 0. The first-order valence-electron chi connectivity index (χ1n) is 7.69. The number of ether oxygens (including phenoxy) is 1. The predicted octanol–water partition coefficient (Wildman–Crippen LogP) is 2.92. The number of nitrogens with zero attached hydrogens (tertiary/aromatic N) is 1. The maximum absolute atomic E-state index is 11.9. The van der Waals surface area contributed by atoms with E-state index in [-0.39, 0.29) is 12.1 Å². The molecule has 0 radical (unpaired) electrons. The summed E-state index contributed by atoms with van der Waals surface area (Å²) in [5, 5.41) is 3.10. The zero-order chi connectivity index (χ0) is 13.9. The van der Waals surface area contributed by atoms with Crippen molar-refractivity contribution in [3.05, 3.63) is 0 Å². The van der Waals surface area contributed by atoms with Gasteiger partial charge < -0.3 is 10.1 Å². The van der Waals surface area contributed by atoms with Gasteiger partial charge in [0.15, 0.2) is 0 Å². The summed E-state index contributed by atoms with van der Waals surface area (Å²) in [6.07, 6.45) is 7.13. The van der Waals surface area contributed by atoms with E-state index in [1.807, 2.05) is 20.8 Å². The van der Waals surface area contributed by atoms with Crippen molar-refractivity contribution in [3.63, 3.8) is 0 Å². The minimum atomic E-state index is -0.415. The second-order valence-electron chi connectivity index (χ2n) is 6.85. The van der Waals surface area contributed by atoms with Gasteiger partial charge in [-0.15, -0.1) is 0 Å². The molecule has 2 rings (SSSR count). The Bertz CT molecular complexity index is 306. The van der Waals surface area contributed by atoms with Gasteiger partial charge in [-0.25, -0.2) is 4.79 Å². The average Bonchev–Trinajstić information content (AvgIpc) is 2.80. The number of alkyl carbamates (subject to hydrolysis) is 1. The van der Waals surface area contributed by atoms with Crippen molar-refractivity contribution < 1.29 is 9.53 Å². The summed E-state index contributed by atoms with van der Waals surface area (Å²) >= 11 is 0. The Morgan fingerprint density at radius 2 is 1.74 bits per heavy atom. The van der Waals surface area contributed by atoms with E-state index in [4.69, 9.17) is 4.74 Å². The molecule has 0 aromatic heterocycles. The normalized spacial score (nSPS) is 29.2. The van der Waals surface area contributed by atoms with Crippen LogP contribution in [0.1, 0.15) is 59.3 Å². The smallest absolute Gasteiger partial charge is 0.407 e. The van der Waals surface area contributed by atoms with Crippen LogP contribution in [0.2, 0.25) is 0 Å². The van der Waals surface area contributed by atoms with Gasteiger partial charge >= 0.3 is 6.09 Å². The maximum Gasteiger partial charge on any atom is 0.407 e. The zero-order valence-corrected chi connectivity index (χ0v) is 12.6. The molecule has 2 aliphatic rings. The van der Waals surface area contributed by atoms with Gasteiger partial charge in [-0.3, -0.25) is 4.90 Å². The number of carbonyl (C=O) groups is 1. The Kier molecular flexibility index (Phi) is 4.71. The quantitative estimate of drug-likeness (QED) is 0.837. The Hall–Kier alpha value is -0.770. The van der Waals surface area contributed by atoms with Crippen molar-refractivity contribution in [2.24, 2.45) is 0 Å². The van der Waals surface area contributed by atoms with Crippen LogP contribution >= 0.6 is 0 Å². The number of hydrogen-bond acceptors (Lipinski definition) is 3. The Morgan fingerprint density at radius 3 is 2.37 bits per heavy atom. The highest BCUT2D eigenvalue weighted by molar-refractivity contribution is 5.68. The maximum atomic E-state index is 11.9. The third-order valence-corrected chi connectivity index (χ3v) is 4.04. The van der Waals surface area contributed by atoms with Gasteiger partial charge in [0.1, 0.15) is 5.60 Å². The molecule has 0 aromatic carbocycles. The van der Waals surface area contributed by atoms with Crippen molar-refractivity contribution in [2.45, 2.75) is 77.0 Å². The Labute approximate surface area is 116 Å². The summed E-state index contributed by atoms with van der Waals surface area (Å²) < 4.78 is 5.38. The number of carbonyl (C=O) groups excluding carboxylic acids is 1. The lowest BCUT2D eigenvalue weighted by Gasteiger charge is -2.38. The number of amides is 1. The van der Waals surface area contributed by atoms with Gasteiger partial charge in [-0.1, -0.05) is 12.8 Å². The van der Waals surface area contributed by atoms with Crippen molar-refractivity contribution in [1.29, 1.82) is 0 Å².